The lowest BCUT2D eigenvalue weighted by atomic mass is 10.1. The van der Waals surface area contributed by atoms with E-state index >= 15 is 0 Å². The van der Waals surface area contributed by atoms with E-state index in [1.54, 1.807) is 30.4 Å². The Labute approximate surface area is 104 Å². The average Bonchev–Trinajstić information content (AvgIpc) is 2.64. The Balaban J connectivity index is 2.06. The third-order valence-electron chi connectivity index (χ3n) is 2.36. The van der Waals surface area contributed by atoms with Crippen molar-refractivity contribution in [2.75, 3.05) is 0 Å². The number of thiazole rings is 1. The van der Waals surface area contributed by atoms with Gasteiger partial charge in [0.05, 0.1) is 11.1 Å². The standard InChI is InChI=1S/C13H15NO2S/c1-9(15)5-12-8-14-13(17-12)7-10-3-2-4-11(16)6-10/h2-4,6,8-9,15-16H,5,7H2,1H3. The zero-order chi connectivity index (χ0) is 12.3. The second-order valence-corrected chi connectivity index (χ2v) is 5.32. The normalized spacial score (nSPS) is 12.6. The first-order valence-electron chi connectivity index (χ1n) is 5.53. The molecule has 0 spiro atoms. The molecule has 2 rings (SSSR count). The van der Waals surface area contributed by atoms with Gasteiger partial charge in [-0.25, -0.2) is 4.98 Å². The number of phenols is 1. The van der Waals surface area contributed by atoms with E-state index in [-0.39, 0.29) is 11.9 Å². The lowest BCUT2D eigenvalue weighted by Crippen LogP contribution is -2.01. The van der Waals surface area contributed by atoms with Crippen LogP contribution < -0.4 is 0 Å². The summed E-state index contributed by atoms with van der Waals surface area (Å²) in [6.45, 7) is 1.77. The van der Waals surface area contributed by atoms with Crippen LogP contribution in [-0.2, 0) is 12.8 Å². The number of hydrogen-bond acceptors (Lipinski definition) is 4. The minimum atomic E-state index is -0.330. The molecule has 0 aliphatic rings. The van der Waals surface area contributed by atoms with Gasteiger partial charge in [0.1, 0.15) is 5.75 Å². The number of aromatic hydroxyl groups is 1. The third kappa shape index (κ3) is 3.54. The van der Waals surface area contributed by atoms with Gasteiger partial charge in [-0.2, -0.15) is 0 Å². The summed E-state index contributed by atoms with van der Waals surface area (Å²) in [5, 5.41) is 19.7. The quantitative estimate of drug-likeness (QED) is 0.874. The van der Waals surface area contributed by atoms with Crippen LogP contribution in [0.15, 0.2) is 30.5 Å². The Morgan fingerprint density at radius 2 is 2.24 bits per heavy atom. The van der Waals surface area contributed by atoms with E-state index in [4.69, 9.17) is 0 Å². The number of rotatable bonds is 4. The Kier molecular flexibility index (Phi) is 3.76. The molecule has 3 nitrogen and oxygen atoms in total. The number of aliphatic hydroxyl groups excluding tert-OH is 1. The molecule has 90 valence electrons. The molecular weight excluding hydrogens is 234 g/mol. The topological polar surface area (TPSA) is 53.4 Å². The lowest BCUT2D eigenvalue weighted by Gasteiger charge is -1.99. The van der Waals surface area contributed by atoms with Crippen molar-refractivity contribution in [2.24, 2.45) is 0 Å². The van der Waals surface area contributed by atoms with Crippen molar-refractivity contribution < 1.29 is 10.2 Å². The zero-order valence-electron chi connectivity index (χ0n) is 9.63. The fourth-order valence-corrected chi connectivity index (χ4v) is 2.73. The van der Waals surface area contributed by atoms with Crippen molar-refractivity contribution in [2.45, 2.75) is 25.9 Å². The SMILES string of the molecule is CC(O)Cc1cnc(Cc2cccc(O)c2)s1. The van der Waals surface area contributed by atoms with Gasteiger partial charge in [-0.3, -0.25) is 0 Å². The predicted molar refractivity (Wildman–Crippen MR) is 68.4 cm³/mol. The summed E-state index contributed by atoms with van der Waals surface area (Å²) in [5.74, 6) is 0.281. The van der Waals surface area contributed by atoms with Crippen molar-refractivity contribution in [1.29, 1.82) is 0 Å². The summed E-state index contributed by atoms with van der Waals surface area (Å²) < 4.78 is 0. The molecule has 0 amide bonds. The lowest BCUT2D eigenvalue weighted by molar-refractivity contribution is 0.196. The molecule has 1 unspecified atom stereocenters. The van der Waals surface area contributed by atoms with Gasteiger partial charge in [0.2, 0.25) is 0 Å². The van der Waals surface area contributed by atoms with Crippen LogP contribution in [0.25, 0.3) is 0 Å². The summed E-state index contributed by atoms with van der Waals surface area (Å²) >= 11 is 1.61. The highest BCUT2D eigenvalue weighted by molar-refractivity contribution is 7.11. The van der Waals surface area contributed by atoms with Gasteiger partial charge in [0, 0.05) is 23.9 Å². The monoisotopic (exact) mass is 249 g/mol. The number of benzene rings is 1. The number of nitrogens with zero attached hydrogens (tertiary/aromatic N) is 1. The zero-order valence-corrected chi connectivity index (χ0v) is 10.4. The van der Waals surface area contributed by atoms with Crippen LogP contribution in [0.3, 0.4) is 0 Å². The highest BCUT2D eigenvalue weighted by Crippen LogP contribution is 2.20. The van der Waals surface area contributed by atoms with Crippen LogP contribution in [0, 0.1) is 0 Å². The maximum Gasteiger partial charge on any atom is 0.115 e. The Hall–Kier alpha value is -1.39. The molecule has 2 N–H and O–H groups in total. The van der Waals surface area contributed by atoms with Crippen molar-refractivity contribution in [3.05, 3.63) is 45.9 Å². The van der Waals surface area contributed by atoms with Crippen LogP contribution in [0.5, 0.6) is 5.75 Å². The van der Waals surface area contributed by atoms with Crippen molar-refractivity contribution in [1.82, 2.24) is 4.98 Å². The van der Waals surface area contributed by atoms with Gasteiger partial charge in [-0.1, -0.05) is 12.1 Å². The van der Waals surface area contributed by atoms with Crippen molar-refractivity contribution in [3.8, 4) is 5.75 Å². The second-order valence-electron chi connectivity index (χ2n) is 4.12. The van der Waals surface area contributed by atoms with E-state index in [9.17, 15) is 10.2 Å². The number of aromatic nitrogens is 1. The highest BCUT2D eigenvalue weighted by Gasteiger charge is 2.06. The van der Waals surface area contributed by atoms with Crippen LogP contribution in [0.4, 0.5) is 0 Å². The van der Waals surface area contributed by atoms with E-state index in [1.807, 2.05) is 18.3 Å². The largest absolute Gasteiger partial charge is 0.508 e. The van der Waals surface area contributed by atoms with E-state index in [2.05, 4.69) is 4.98 Å². The van der Waals surface area contributed by atoms with Crippen LogP contribution in [0.2, 0.25) is 0 Å². The summed E-state index contributed by atoms with van der Waals surface area (Å²) in [5.41, 5.74) is 1.04. The molecular formula is C13H15NO2S. The van der Waals surface area contributed by atoms with E-state index < -0.39 is 0 Å². The van der Waals surface area contributed by atoms with Crippen molar-refractivity contribution in [3.63, 3.8) is 0 Å². The maximum absolute atomic E-state index is 9.37. The van der Waals surface area contributed by atoms with E-state index in [0.29, 0.717) is 6.42 Å². The average molecular weight is 249 g/mol. The molecule has 1 aromatic carbocycles. The summed E-state index contributed by atoms with van der Waals surface area (Å²) in [6, 6.07) is 7.20. The highest BCUT2D eigenvalue weighted by atomic mass is 32.1. The number of hydrogen-bond donors (Lipinski definition) is 2. The first-order valence-corrected chi connectivity index (χ1v) is 6.34. The summed E-state index contributed by atoms with van der Waals surface area (Å²) in [6.07, 6.45) is 2.86. The van der Waals surface area contributed by atoms with Gasteiger partial charge in [-0.15, -0.1) is 11.3 Å². The molecule has 0 aliphatic heterocycles. The van der Waals surface area contributed by atoms with Gasteiger partial charge in [0.15, 0.2) is 0 Å². The first kappa shape index (κ1) is 12.1. The first-order chi connectivity index (χ1) is 8.13. The smallest absolute Gasteiger partial charge is 0.115 e. The number of phenolic OH excluding ortho intramolecular Hbond substituents is 1. The molecule has 0 saturated carbocycles. The molecule has 0 aliphatic carbocycles. The van der Waals surface area contributed by atoms with Crippen LogP contribution >= 0.6 is 11.3 Å². The fraction of sp³-hybridized carbons (Fsp3) is 0.308. The predicted octanol–water partition coefficient (Wildman–Crippen LogP) is 2.36. The van der Waals surface area contributed by atoms with Crippen molar-refractivity contribution >= 4 is 11.3 Å². The van der Waals surface area contributed by atoms with E-state index in [1.165, 1.54) is 0 Å². The Morgan fingerprint density at radius 3 is 2.94 bits per heavy atom. The third-order valence-corrected chi connectivity index (χ3v) is 3.38. The molecule has 4 heteroatoms. The summed E-state index contributed by atoms with van der Waals surface area (Å²) in [7, 11) is 0. The summed E-state index contributed by atoms with van der Waals surface area (Å²) in [4.78, 5) is 5.41. The minimum Gasteiger partial charge on any atom is -0.508 e. The Morgan fingerprint density at radius 1 is 1.41 bits per heavy atom. The molecule has 2 aromatic rings. The van der Waals surface area contributed by atoms with Crippen LogP contribution in [0.1, 0.15) is 22.4 Å². The fourth-order valence-electron chi connectivity index (χ4n) is 1.66. The molecule has 1 atom stereocenters. The van der Waals surface area contributed by atoms with E-state index in [0.717, 1.165) is 21.9 Å². The van der Waals surface area contributed by atoms with Crippen LogP contribution in [-0.4, -0.2) is 21.3 Å². The van der Waals surface area contributed by atoms with Gasteiger partial charge in [-0.05, 0) is 24.6 Å². The maximum atomic E-state index is 9.37. The second kappa shape index (κ2) is 5.29. The van der Waals surface area contributed by atoms with Gasteiger partial charge in [0.25, 0.3) is 0 Å². The molecule has 0 bridgehead atoms. The van der Waals surface area contributed by atoms with Gasteiger partial charge >= 0.3 is 0 Å². The molecule has 1 aromatic heterocycles. The molecule has 0 fully saturated rings. The minimum absolute atomic E-state index is 0.281. The Bertz CT molecular complexity index is 494. The molecule has 0 radical (unpaired) electrons. The number of aliphatic hydroxyl groups is 1. The van der Waals surface area contributed by atoms with Gasteiger partial charge < -0.3 is 10.2 Å². The molecule has 17 heavy (non-hydrogen) atoms. The molecule has 0 saturated heterocycles. The molecule has 1 heterocycles.